The summed E-state index contributed by atoms with van der Waals surface area (Å²) in [5.41, 5.74) is 3.78. The number of carbonyl (C=O) groups excluding carboxylic acids is 1. The minimum Gasteiger partial charge on any atom is -0.339 e. The van der Waals surface area contributed by atoms with Crippen molar-refractivity contribution in [3.8, 4) is 0 Å². The molecule has 4 rings (SSSR count). The first-order valence-corrected chi connectivity index (χ1v) is 9.64. The fraction of sp³-hybridized carbons (Fsp3) is 0.450. The molecule has 2 heterocycles. The highest BCUT2D eigenvalue weighted by atomic mass is 32.1. The highest BCUT2D eigenvalue weighted by molar-refractivity contribution is 7.10. The number of amides is 1. The first-order valence-electron chi connectivity index (χ1n) is 8.76. The first-order chi connectivity index (χ1) is 11.3. The van der Waals surface area contributed by atoms with E-state index < -0.39 is 0 Å². The highest BCUT2D eigenvalue weighted by Crippen LogP contribution is 2.38. The van der Waals surface area contributed by atoms with Gasteiger partial charge in [0.25, 0.3) is 5.91 Å². The first kappa shape index (κ1) is 14.9. The molecule has 1 aromatic carbocycles. The Kier molecular flexibility index (Phi) is 4.21. The summed E-state index contributed by atoms with van der Waals surface area (Å²) in [5, 5.41) is 2.12. The van der Waals surface area contributed by atoms with Crippen LogP contribution in [0.15, 0.2) is 35.7 Å². The molecule has 1 amide bonds. The summed E-state index contributed by atoms with van der Waals surface area (Å²) in [7, 11) is 0. The lowest BCUT2D eigenvalue weighted by molar-refractivity contribution is 0.0723. The number of benzene rings is 1. The zero-order valence-electron chi connectivity index (χ0n) is 13.5. The van der Waals surface area contributed by atoms with E-state index in [0.717, 1.165) is 50.8 Å². The van der Waals surface area contributed by atoms with Crippen molar-refractivity contribution < 1.29 is 4.79 Å². The quantitative estimate of drug-likeness (QED) is 0.787. The van der Waals surface area contributed by atoms with E-state index in [-0.39, 0.29) is 5.91 Å². The van der Waals surface area contributed by atoms with Crippen LogP contribution in [0.1, 0.15) is 58.0 Å². The predicted molar refractivity (Wildman–Crippen MR) is 95.3 cm³/mol. The number of hydrogen-bond acceptors (Lipinski definition) is 2. The Labute approximate surface area is 142 Å². The summed E-state index contributed by atoms with van der Waals surface area (Å²) in [6.45, 7) is 1.88. The van der Waals surface area contributed by atoms with Crippen LogP contribution < -0.4 is 0 Å². The molecule has 1 aliphatic heterocycles. The van der Waals surface area contributed by atoms with Gasteiger partial charge in [0, 0.05) is 23.3 Å². The molecule has 2 aliphatic rings. The summed E-state index contributed by atoms with van der Waals surface area (Å²) in [4.78, 5) is 16.3. The third kappa shape index (κ3) is 2.94. The number of hydrogen-bond donors (Lipinski definition) is 0. The highest BCUT2D eigenvalue weighted by Gasteiger charge is 2.28. The van der Waals surface area contributed by atoms with Crippen LogP contribution in [0, 0.1) is 0 Å². The van der Waals surface area contributed by atoms with Crippen LogP contribution in [0.4, 0.5) is 0 Å². The monoisotopic (exact) mass is 325 g/mol. The Hall–Kier alpha value is -1.61. The minimum atomic E-state index is 0.278. The van der Waals surface area contributed by atoms with Gasteiger partial charge in [0.1, 0.15) is 0 Å². The Morgan fingerprint density at radius 2 is 1.87 bits per heavy atom. The van der Waals surface area contributed by atoms with Crippen LogP contribution in [0.2, 0.25) is 0 Å². The second-order valence-electron chi connectivity index (χ2n) is 6.75. The SMILES string of the molecule is O=C(c1csc2c1CC[C@@H](c1ccccc1)C2)N1CCCCC1. The average Bonchev–Trinajstić information content (AvgIpc) is 3.05. The van der Waals surface area contributed by atoms with E-state index >= 15 is 0 Å². The van der Waals surface area contributed by atoms with Crippen LogP contribution in [0.3, 0.4) is 0 Å². The van der Waals surface area contributed by atoms with Crippen molar-refractivity contribution >= 4 is 17.2 Å². The van der Waals surface area contributed by atoms with E-state index in [4.69, 9.17) is 0 Å². The van der Waals surface area contributed by atoms with Gasteiger partial charge in [0.05, 0.1) is 5.56 Å². The molecule has 1 atom stereocenters. The third-order valence-corrected chi connectivity index (χ3v) is 6.35. The van der Waals surface area contributed by atoms with E-state index in [1.807, 2.05) is 0 Å². The van der Waals surface area contributed by atoms with E-state index in [9.17, 15) is 4.79 Å². The number of likely N-dealkylation sites (tertiary alicyclic amines) is 1. The Balaban J connectivity index is 1.54. The molecule has 120 valence electrons. The number of rotatable bonds is 2. The van der Waals surface area contributed by atoms with Crippen molar-refractivity contribution in [1.29, 1.82) is 0 Å². The number of nitrogens with zero attached hydrogens (tertiary/aromatic N) is 1. The molecule has 0 N–H and O–H groups in total. The topological polar surface area (TPSA) is 20.3 Å². The van der Waals surface area contributed by atoms with Crippen molar-refractivity contribution in [3.05, 3.63) is 57.3 Å². The van der Waals surface area contributed by atoms with Crippen molar-refractivity contribution in [1.82, 2.24) is 4.90 Å². The van der Waals surface area contributed by atoms with Gasteiger partial charge >= 0.3 is 0 Å². The van der Waals surface area contributed by atoms with Crippen LogP contribution in [-0.2, 0) is 12.8 Å². The molecular weight excluding hydrogens is 302 g/mol. The lowest BCUT2D eigenvalue weighted by atomic mass is 9.83. The summed E-state index contributed by atoms with van der Waals surface area (Å²) in [5.74, 6) is 0.889. The molecular formula is C20H23NOS. The average molecular weight is 325 g/mol. The summed E-state index contributed by atoms with van der Waals surface area (Å²) in [6.07, 6.45) is 6.89. The maximum atomic E-state index is 12.8. The molecule has 1 saturated heterocycles. The van der Waals surface area contributed by atoms with E-state index in [1.54, 1.807) is 11.3 Å². The number of fused-ring (bicyclic) bond motifs is 1. The van der Waals surface area contributed by atoms with Crippen LogP contribution in [0.5, 0.6) is 0 Å². The maximum absolute atomic E-state index is 12.8. The molecule has 2 aromatic rings. The van der Waals surface area contributed by atoms with Gasteiger partial charge in [-0.05, 0) is 55.6 Å². The molecule has 0 radical (unpaired) electrons. The van der Waals surface area contributed by atoms with Gasteiger partial charge in [-0.1, -0.05) is 30.3 Å². The van der Waals surface area contributed by atoms with Gasteiger partial charge in [-0.15, -0.1) is 11.3 Å². The molecule has 1 aliphatic carbocycles. The van der Waals surface area contributed by atoms with Crippen LogP contribution >= 0.6 is 11.3 Å². The van der Waals surface area contributed by atoms with Crippen molar-refractivity contribution in [2.75, 3.05) is 13.1 Å². The second-order valence-corrected chi connectivity index (χ2v) is 7.72. The van der Waals surface area contributed by atoms with Crippen LogP contribution in [0.25, 0.3) is 0 Å². The van der Waals surface area contributed by atoms with E-state index in [2.05, 4.69) is 40.6 Å². The molecule has 0 bridgehead atoms. The van der Waals surface area contributed by atoms with Gasteiger partial charge in [-0.2, -0.15) is 0 Å². The van der Waals surface area contributed by atoms with Crippen molar-refractivity contribution in [2.45, 2.75) is 44.4 Å². The molecule has 3 heteroatoms. The minimum absolute atomic E-state index is 0.278. The third-order valence-electron chi connectivity index (χ3n) is 5.30. The van der Waals surface area contributed by atoms with E-state index in [0.29, 0.717) is 5.92 Å². The molecule has 2 nitrogen and oxygen atoms in total. The molecule has 0 unspecified atom stereocenters. The predicted octanol–water partition coefficient (Wildman–Crippen LogP) is 4.65. The Morgan fingerprint density at radius 1 is 1.09 bits per heavy atom. The number of thiophene rings is 1. The Bertz CT molecular complexity index is 685. The van der Waals surface area contributed by atoms with Gasteiger partial charge in [0.2, 0.25) is 0 Å². The second kappa shape index (κ2) is 6.48. The largest absolute Gasteiger partial charge is 0.339 e. The fourth-order valence-electron chi connectivity index (χ4n) is 3.97. The van der Waals surface area contributed by atoms with Crippen molar-refractivity contribution in [3.63, 3.8) is 0 Å². The smallest absolute Gasteiger partial charge is 0.254 e. The van der Waals surface area contributed by atoms with Gasteiger partial charge in [-0.3, -0.25) is 4.79 Å². The normalized spacial score (nSPS) is 21.0. The zero-order chi connectivity index (χ0) is 15.6. The van der Waals surface area contributed by atoms with Crippen molar-refractivity contribution in [2.24, 2.45) is 0 Å². The summed E-state index contributed by atoms with van der Waals surface area (Å²) in [6, 6.07) is 10.8. The molecule has 1 fully saturated rings. The maximum Gasteiger partial charge on any atom is 0.254 e. The van der Waals surface area contributed by atoms with E-state index in [1.165, 1.54) is 22.4 Å². The standard InChI is InChI=1S/C20H23NOS/c22-20(21-11-5-2-6-12-21)18-14-23-19-13-16(9-10-17(18)19)15-7-3-1-4-8-15/h1,3-4,7-8,14,16H,2,5-6,9-13H2/t16-/m1/s1. The van der Waals surface area contributed by atoms with Gasteiger partial charge < -0.3 is 4.90 Å². The van der Waals surface area contributed by atoms with Gasteiger partial charge in [-0.25, -0.2) is 0 Å². The summed E-state index contributed by atoms with van der Waals surface area (Å²) >= 11 is 1.80. The van der Waals surface area contributed by atoms with Crippen LogP contribution in [-0.4, -0.2) is 23.9 Å². The molecule has 0 saturated carbocycles. The lowest BCUT2D eigenvalue weighted by Crippen LogP contribution is -2.36. The Morgan fingerprint density at radius 3 is 2.65 bits per heavy atom. The summed E-state index contributed by atoms with van der Waals surface area (Å²) < 4.78 is 0. The van der Waals surface area contributed by atoms with Gasteiger partial charge in [0.15, 0.2) is 0 Å². The number of carbonyl (C=O) groups is 1. The fourth-order valence-corrected chi connectivity index (χ4v) is 5.12. The lowest BCUT2D eigenvalue weighted by Gasteiger charge is -2.28. The number of piperidine rings is 1. The molecule has 1 aromatic heterocycles. The zero-order valence-corrected chi connectivity index (χ0v) is 14.3. The molecule has 0 spiro atoms. The molecule has 23 heavy (non-hydrogen) atoms.